The quantitative estimate of drug-likeness (QED) is 0.537. The fourth-order valence-electron chi connectivity index (χ4n) is 4.95. The van der Waals surface area contributed by atoms with Crippen molar-refractivity contribution in [3.8, 4) is 0 Å². The second kappa shape index (κ2) is 7.02. The first-order chi connectivity index (χ1) is 15.1. The van der Waals surface area contributed by atoms with Gasteiger partial charge in [-0.25, -0.2) is 18.9 Å². The van der Waals surface area contributed by atoms with Gasteiger partial charge in [0.05, 0.1) is 5.39 Å². The molecular formula is C23H23N5O2S. The van der Waals surface area contributed by atoms with Gasteiger partial charge in [0, 0.05) is 10.6 Å². The van der Waals surface area contributed by atoms with E-state index in [1.54, 1.807) is 11.3 Å². The van der Waals surface area contributed by atoms with Crippen LogP contribution in [0.3, 0.4) is 0 Å². The number of fused-ring (bicyclic) bond motifs is 6. The number of rotatable bonds is 3. The Morgan fingerprint density at radius 2 is 2.13 bits per heavy atom. The van der Waals surface area contributed by atoms with Crippen molar-refractivity contribution < 1.29 is 4.79 Å². The van der Waals surface area contributed by atoms with Crippen molar-refractivity contribution in [2.24, 2.45) is 5.92 Å². The van der Waals surface area contributed by atoms with Gasteiger partial charge in [-0.15, -0.1) is 16.4 Å². The number of nitrogens with zero attached hydrogens (tertiary/aromatic N) is 4. The lowest BCUT2D eigenvalue weighted by atomic mass is 9.89. The van der Waals surface area contributed by atoms with Crippen LogP contribution in [-0.4, -0.2) is 25.1 Å². The van der Waals surface area contributed by atoms with Gasteiger partial charge in [0.2, 0.25) is 5.91 Å². The summed E-state index contributed by atoms with van der Waals surface area (Å²) in [7, 11) is 0. The highest BCUT2D eigenvalue weighted by Crippen LogP contribution is 2.38. The first kappa shape index (κ1) is 18.7. The number of amides is 1. The van der Waals surface area contributed by atoms with Gasteiger partial charge in [0.1, 0.15) is 17.7 Å². The van der Waals surface area contributed by atoms with Crippen LogP contribution in [0.4, 0.5) is 5.69 Å². The number of hydrogen-bond donors (Lipinski definition) is 1. The molecule has 0 bridgehead atoms. The minimum Gasteiger partial charge on any atom is -0.324 e. The van der Waals surface area contributed by atoms with E-state index in [2.05, 4.69) is 28.4 Å². The van der Waals surface area contributed by atoms with Crippen LogP contribution < -0.4 is 11.0 Å². The maximum Gasteiger partial charge on any atom is 0.352 e. The number of nitrogens with one attached hydrogen (secondary N) is 1. The van der Waals surface area contributed by atoms with Crippen LogP contribution in [0.2, 0.25) is 0 Å². The third-order valence-corrected chi connectivity index (χ3v) is 7.72. The van der Waals surface area contributed by atoms with Gasteiger partial charge in [0.25, 0.3) is 0 Å². The fraction of sp³-hybridized carbons (Fsp3) is 0.391. The highest BCUT2D eigenvalue weighted by atomic mass is 32.1. The summed E-state index contributed by atoms with van der Waals surface area (Å²) in [6, 6.07) is 6.05. The monoisotopic (exact) mass is 433 g/mol. The van der Waals surface area contributed by atoms with Gasteiger partial charge >= 0.3 is 5.69 Å². The molecule has 0 spiro atoms. The van der Waals surface area contributed by atoms with E-state index in [1.807, 2.05) is 12.1 Å². The molecule has 0 aliphatic heterocycles. The molecule has 3 aromatic heterocycles. The van der Waals surface area contributed by atoms with Gasteiger partial charge in [0.15, 0.2) is 5.65 Å². The van der Waals surface area contributed by atoms with Gasteiger partial charge in [-0.1, -0.05) is 13.0 Å². The van der Waals surface area contributed by atoms with Crippen LogP contribution in [0, 0.1) is 5.92 Å². The molecule has 6 rings (SSSR count). The van der Waals surface area contributed by atoms with Crippen LogP contribution in [0.1, 0.15) is 41.3 Å². The van der Waals surface area contributed by atoms with E-state index in [9.17, 15) is 9.59 Å². The normalized spacial score (nSPS) is 17.8. The van der Waals surface area contributed by atoms with Crippen molar-refractivity contribution in [1.29, 1.82) is 0 Å². The Kier molecular flexibility index (Phi) is 4.24. The summed E-state index contributed by atoms with van der Waals surface area (Å²) in [5, 5.41) is 8.45. The molecule has 4 aromatic rings. The van der Waals surface area contributed by atoms with Crippen LogP contribution in [0.15, 0.2) is 29.3 Å². The molecule has 31 heavy (non-hydrogen) atoms. The van der Waals surface area contributed by atoms with Crippen LogP contribution in [-0.2, 0) is 37.0 Å². The predicted octanol–water partition coefficient (Wildman–Crippen LogP) is 3.36. The molecule has 1 N–H and O–H groups in total. The lowest BCUT2D eigenvalue weighted by Crippen LogP contribution is -2.28. The van der Waals surface area contributed by atoms with Crippen molar-refractivity contribution >= 4 is 38.8 Å². The van der Waals surface area contributed by atoms with Crippen LogP contribution in [0.25, 0.3) is 15.9 Å². The second-order valence-corrected chi connectivity index (χ2v) is 9.88. The number of anilines is 1. The number of carbonyl (C=O) groups excluding carboxylic acids is 1. The molecule has 3 heterocycles. The van der Waals surface area contributed by atoms with Crippen molar-refractivity contribution in [1.82, 2.24) is 19.2 Å². The largest absolute Gasteiger partial charge is 0.352 e. The predicted molar refractivity (Wildman–Crippen MR) is 121 cm³/mol. The molecule has 2 aliphatic carbocycles. The number of aryl methyl sites for hydroxylation is 3. The lowest BCUT2D eigenvalue weighted by Gasteiger charge is -2.17. The molecule has 1 aromatic carbocycles. The van der Waals surface area contributed by atoms with Gasteiger partial charge in [-0.05, 0) is 73.3 Å². The van der Waals surface area contributed by atoms with E-state index in [-0.39, 0.29) is 18.1 Å². The first-order valence-electron chi connectivity index (χ1n) is 10.9. The van der Waals surface area contributed by atoms with Gasteiger partial charge < -0.3 is 5.32 Å². The Hall–Kier alpha value is -3.00. The van der Waals surface area contributed by atoms with E-state index < -0.39 is 0 Å². The Balaban J connectivity index is 1.33. The fourth-order valence-corrected chi connectivity index (χ4v) is 6.30. The van der Waals surface area contributed by atoms with Gasteiger partial charge in [-0.2, -0.15) is 0 Å². The van der Waals surface area contributed by atoms with E-state index in [0.29, 0.717) is 11.6 Å². The molecule has 2 aliphatic rings. The summed E-state index contributed by atoms with van der Waals surface area (Å²) in [4.78, 5) is 32.4. The summed E-state index contributed by atoms with van der Waals surface area (Å²) in [5.74, 6) is 0.410. The summed E-state index contributed by atoms with van der Waals surface area (Å²) in [6.45, 7) is 2.15. The molecule has 8 heteroatoms. The minimum absolute atomic E-state index is 0.123. The SMILES string of the molecule is C[C@H]1CCc2c(sc3ncn4c(=O)n(CC(=O)Nc5ccc6c(c5)CCC6)nc4c23)C1. The van der Waals surface area contributed by atoms with E-state index in [0.717, 1.165) is 54.4 Å². The highest BCUT2D eigenvalue weighted by molar-refractivity contribution is 7.19. The smallest absolute Gasteiger partial charge is 0.324 e. The van der Waals surface area contributed by atoms with Crippen molar-refractivity contribution in [3.05, 3.63) is 56.6 Å². The lowest BCUT2D eigenvalue weighted by molar-refractivity contribution is -0.117. The maximum atomic E-state index is 12.9. The number of benzene rings is 1. The number of hydrogen-bond acceptors (Lipinski definition) is 5. The van der Waals surface area contributed by atoms with E-state index in [1.165, 1.54) is 37.0 Å². The standard InChI is InChI=1S/C23H23N5O2S/c1-13-5-8-17-18(9-13)31-22-20(17)21-26-28(23(30)27(21)12-24-22)11-19(29)25-16-7-6-14-3-2-4-15(14)10-16/h6-7,10,12-13H,2-5,8-9,11H2,1H3,(H,25,29)/t13-/m0/s1. The Labute approximate surface area is 182 Å². The summed E-state index contributed by atoms with van der Waals surface area (Å²) >= 11 is 1.70. The Morgan fingerprint density at radius 3 is 3.03 bits per heavy atom. The van der Waals surface area contributed by atoms with E-state index >= 15 is 0 Å². The Morgan fingerprint density at radius 1 is 1.26 bits per heavy atom. The van der Waals surface area contributed by atoms with Gasteiger partial charge in [-0.3, -0.25) is 4.79 Å². The average Bonchev–Trinajstić information content (AvgIpc) is 3.43. The molecule has 1 amide bonds. The topological polar surface area (TPSA) is 81.3 Å². The number of carbonyl (C=O) groups is 1. The molecule has 7 nitrogen and oxygen atoms in total. The molecule has 0 unspecified atom stereocenters. The molecule has 1 atom stereocenters. The molecule has 158 valence electrons. The number of aromatic nitrogens is 4. The highest BCUT2D eigenvalue weighted by Gasteiger charge is 2.24. The Bertz CT molecular complexity index is 1410. The summed E-state index contributed by atoms with van der Waals surface area (Å²) in [5.41, 5.74) is 4.97. The van der Waals surface area contributed by atoms with Crippen molar-refractivity contribution in [3.63, 3.8) is 0 Å². The van der Waals surface area contributed by atoms with E-state index in [4.69, 9.17) is 0 Å². The zero-order valence-corrected chi connectivity index (χ0v) is 18.2. The zero-order chi connectivity index (χ0) is 21.1. The molecular weight excluding hydrogens is 410 g/mol. The first-order valence-corrected chi connectivity index (χ1v) is 11.7. The van der Waals surface area contributed by atoms with Crippen molar-refractivity contribution in [2.75, 3.05) is 5.32 Å². The number of thiophene rings is 1. The maximum absolute atomic E-state index is 12.9. The average molecular weight is 434 g/mol. The molecule has 0 fully saturated rings. The second-order valence-electron chi connectivity index (χ2n) is 8.80. The third-order valence-electron chi connectivity index (χ3n) is 6.55. The molecule has 0 saturated heterocycles. The minimum atomic E-state index is -0.336. The van der Waals surface area contributed by atoms with Crippen molar-refractivity contribution in [2.45, 2.75) is 52.0 Å². The van der Waals surface area contributed by atoms with Crippen LogP contribution >= 0.6 is 11.3 Å². The third kappa shape index (κ3) is 3.08. The summed E-state index contributed by atoms with van der Waals surface area (Å²) in [6.07, 6.45) is 8.03. The summed E-state index contributed by atoms with van der Waals surface area (Å²) < 4.78 is 2.71. The molecule has 0 saturated carbocycles. The zero-order valence-electron chi connectivity index (χ0n) is 17.4. The molecule has 0 radical (unpaired) electrons. The van der Waals surface area contributed by atoms with Crippen LogP contribution in [0.5, 0.6) is 0 Å².